The van der Waals surface area contributed by atoms with Crippen molar-refractivity contribution in [2.75, 3.05) is 30.0 Å². The van der Waals surface area contributed by atoms with Crippen LogP contribution in [0, 0.1) is 6.92 Å². The zero-order valence-corrected chi connectivity index (χ0v) is 11.3. The smallest absolute Gasteiger partial charge is 0.254 e. The van der Waals surface area contributed by atoms with E-state index in [1.165, 1.54) is 0 Å². The number of nitrogens with one attached hydrogen (secondary N) is 1. The van der Waals surface area contributed by atoms with E-state index in [1.54, 1.807) is 12.1 Å². The lowest BCUT2D eigenvalue weighted by atomic mass is 10.2. The number of aromatic nitrogens is 1. The van der Waals surface area contributed by atoms with Crippen LogP contribution in [0.4, 0.5) is 5.82 Å². The SMILES string of the molecule is Cc1cc(C(=O)N2CCCSCC2)cc(NN)n1. The summed E-state index contributed by atoms with van der Waals surface area (Å²) in [5, 5.41) is 0. The number of nitrogens with two attached hydrogens (primary N) is 1. The van der Waals surface area contributed by atoms with E-state index in [0.717, 1.165) is 36.7 Å². The van der Waals surface area contributed by atoms with Crippen LogP contribution in [0.2, 0.25) is 0 Å². The zero-order chi connectivity index (χ0) is 13.0. The van der Waals surface area contributed by atoms with Gasteiger partial charge in [-0.25, -0.2) is 10.8 Å². The minimum atomic E-state index is 0.0690. The first-order valence-corrected chi connectivity index (χ1v) is 7.18. The Morgan fingerprint density at radius 3 is 3.06 bits per heavy atom. The highest BCUT2D eigenvalue weighted by atomic mass is 32.2. The fraction of sp³-hybridized carbons (Fsp3) is 0.500. The van der Waals surface area contributed by atoms with Crippen LogP contribution in [0.5, 0.6) is 0 Å². The summed E-state index contributed by atoms with van der Waals surface area (Å²) < 4.78 is 0. The summed E-state index contributed by atoms with van der Waals surface area (Å²) in [6, 6.07) is 3.51. The van der Waals surface area contributed by atoms with Crippen molar-refractivity contribution in [1.82, 2.24) is 9.88 Å². The molecule has 0 spiro atoms. The minimum absolute atomic E-state index is 0.0690. The fourth-order valence-electron chi connectivity index (χ4n) is 2.00. The van der Waals surface area contributed by atoms with Crippen LogP contribution in [0.15, 0.2) is 12.1 Å². The number of hydrazine groups is 1. The van der Waals surface area contributed by atoms with Crippen molar-refractivity contribution in [3.63, 3.8) is 0 Å². The van der Waals surface area contributed by atoms with E-state index in [0.29, 0.717) is 11.4 Å². The van der Waals surface area contributed by atoms with Gasteiger partial charge in [-0.1, -0.05) is 0 Å². The van der Waals surface area contributed by atoms with Gasteiger partial charge in [-0.2, -0.15) is 11.8 Å². The Hall–Kier alpha value is -1.27. The Balaban J connectivity index is 2.18. The monoisotopic (exact) mass is 266 g/mol. The molecule has 1 aliphatic rings. The summed E-state index contributed by atoms with van der Waals surface area (Å²) >= 11 is 1.90. The van der Waals surface area contributed by atoms with Gasteiger partial charge in [-0.3, -0.25) is 4.79 Å². The molecular weight excluding hydrogens is 248 g/mol. The maximum absolute atomic E-state index is 12.4. The molecule has 18 heavy (non-hydrogen) atoms. The van der Waals surface area contributed by atoms with Crippen molar-refractivity contribution in [2.45, 2.75) is 13.3 Å². The number of aryl methyl sites for hydroxylation is 1. The largest absolute Gasteiger partial charge is 0.338 e. The third kappa shape index (κ3) is 3.14. The molecule has 0 radical (unpaired) electrons. The van der Waals surface area contributed by atoms with E-state index in [1.807, 2.05) is 23.6 Å². The van der Waals surface area contributed by atoms with Gasteiger partial charge < -0.3 is 10.3 Å². The number of carbonyl (C=O) groups is 1. The summed E-state index contributed by atoms with van der Waals surface area (Å²) in [6.07, 6.45) is 1.06. The van der Waals surface area contributed by atoms with Crippen LogP contribution >= 0.6 is 11.8 Å². The first-order valence-electron chi connectivity index (χ1n) is 6.03. The molecule has 1 amide bonds. The number of hydrogen-bond donors (Lipinski definition) is 2. The van der Waals surface area contributed by atoms with Gasteiger partial charge in [0.05, 0.1) is 0 Å². The summed E-state index contributed by atoms with van der Waals surface area (Å²) in [7, 11) is 0. The topological polar surface area (TPSA) is 71.2 Å². The highest BCUT2D eigenvalue weighted by Crippen LogP contribution is 2.15. The number of anilines is 1. The molecule has 1 aromatic rings. The number of rotatable bonds is 2. The predicted molar refractivity (Wildman–Crippen MR) is 74.6 cm³/mol. The summed E-state index contributed by atoms with van der Waals surface area (Å²) in [6.45, 7) is 3.50. The molecule has 1 aliphatic heterocycles. The van der Waals surface area contributed by atoms with Gasteiger partial charge in [0.15, 0.2) is 0 Å². The van der Waals surface area contributed by atoms with Gasteiger partial charge in [0.2, 0.25) is 0 Å². The van der Waals surface area contributed by atoms with Crippen molar-refractivity contribution in [3.8, 4) is 0 Å². The first-order chi connectivity index (χ1) is 8.70. The highest BCUT2D eigenvalue weighted by molar-refractivity contribution is 7.99. The molecule has 0 saturated carbocycles. The lowest BCUT2D eigenvalue weighted by Crippen LogP contribution is -2.33. The van der Waals surface area contributed by atoms with Gasteiger partial charge in [0, 0.05) is 30.1 Å². The van der Waals surface area contributed by atoms with Crippen molar-refractivity contribution in [3.05, 3.63) is 23.4 Å². The molecule has 1 aromatic heterocycles. The Morgan fingerprint density at radius 2 is 2.28 bits per heavy atom. The van der Waals surface area contributed by atoms with Crippen molar-refractivity contribution >= 4 is 23.5 Å². The number of thioether (sulfide) groups is 1. The average Bonchev–Trinajstić information content (AvgIpc) is 2.65. The van der Waals surface area contributed by atoms with Crippen LogP contribution in [-0.2, 0) is 0 Å². The highest BCUT2D eigenvalue weighted by Gasteiger charge is 2.18. The molecular formula is C12H18N4OS. The van der Waals surface area contributed by atoms with Crippen LogP contribution in [0.1, 0.15) is 22.5 Å². The quantitative estimate of drug-likeness (QED) is 0.623. The molecule has 0 aliphatic carbocycles. The van der Waals surface area contributed by atoms with Crippen molar-refractivity contribution < 1.29 is 4.79 Å². The molecule has 3 N–H and O–H groups in total. The van der Waals surface area contributed by atoms with Gasteiger partial charge in [0.1, 0.15) is 5.82 Å². The number of pyridine rings is 1. The number of nitrogen functional groups attached to an aromatic ring is 1. The molecule has 2 rings (SSSR count). The molecule has 1 fully saturated rings. The third-order valence-corrected chi connectivity index (χ3v) is 3.91. The van der Waals surface area contributed by atoms with Crippen LogP contribution in [0.3, 0.4) is 0 Å². The van der Waals surface area contributed by atoms with Crippen molar-refractivity contribution in [1.29, 1.82) is 0 Å². The molecule has 0 unspecified atom stereocenters. The summed E-state index contributed by atoms with van der Waals surface area (Å²) in [4.78, 5) is 18.5. The van der Waals surface area contributed by atoms with Gasteiger partial charge in [-0.15, -0.1) is 0 Å². The molecule has 6 heteroatoms. The summed E-state index contributed by atoms with van der Waals surface area (Å²) in [5.41, 5.74) is 3.94. The number of amides is 1. The maximum atomic E-state index is 12.4. The number of nitrogens with zero attached hydrogens (tertiary/aromatic N) is 2. The third-order valence-electron chi connectivity index (χ3n) is 2.86. The normalized spacial score (nSPS) is 16.2. The second-order valence-corrected chi connectivity index (χ2v) is 5.51. The summed E-state index contributed by atoms with van der Waals surface area (Å²) in [5.74, 6) is 8.09. The molecule has 1 saturated heterocycles. The first kappa shape index (κ1) is 13.2. The lowest BCUT2D eigenvalue weighted by Gasteiger charge is -2.20. The number of carbonyl (C=O) groups excluding carboxylic acids is 1. The van der Waals surface area contributed by atoms with Crippen molar-refractivity contribution in [2.24, 2.45) is 5.84 Å². The molecule has 98 valence electrons. The Labute approximate surface area is 111 Å². The van der Waals surface area contributed by atoms with E-state index in [4.69, 9.17) is 5.84 Å². The lowest BCUT2D eigenvalue weighted by molar-refractivity contribution is 0.0768. The van der Waals surface area contributed by atoms with E-state index in [2.05, 4.69) is 10.4 Å². The molecule has 0 atom stereocenters. The molecule has 0 aromatic carbocycles. The Kier molecular flexibility index (Phi) is 4.43. The minimum Gasteiger partial charge on any atom is -0.338 e. The number of hydrogen-bond acceptors (Lipinski definition) is 5. The van der Waals surface area contributed by atoms with Crippen LogP contribution in [-0.4, -0.2) is 40.4 Å². The standard InChI is InChI=1S/C12H18N4OS/c1-9-7-10(8-11(14-9)15-13)12(17)16-3-2-5-18-6-4-16/h7-8H,2-6,13H2,1H3,(H,14,15). The Morgan fingerprint density at radius 1 is 1.44 bits per heavy atom. The molecule has 2 heterocycles. The van der Waals surface area contributed by atoms with Gasteiger partial charge >= 0.3 is 0 Å². The fourth-order valence-corrected chi connectivity index (χ4v) is 2.88. The maximum Gasteiger partial charge on any atom is 0.254 e. The van der Waals surface area contributed by atoms with E-state index in [-0.39, 0.29) is 5.91 Å². The van der Waals surface area contributed by atoms with Gasteiger partial charge in [-0.05, 0) is 31.2 Å². The van der Waals surface area contributed by atoms with Gasteiger partial charge in [0.25, 0.3) is 5.91 Å². The second-order valence-electron chi connectivity index (χ2n) is 4.28. The van der Waals surface area contributed by atoms with E-state index in [9.17, 15) is 4.79 Å². The van der Waals surface area contributed by atoms with Crippen LogP contribution < -0.4 is 11.3 Å². The zero-order valence-electron chi connectivity index (χ0n) is 10.5. The molecule has 5 nitrogen and oxygen atoms in total. The average molecular weight is 266 g/mol. The Bertz CT molecular complexity index is 430. The van der Waals surface area contributed by atoms with Crippen LogP contribution in [0.25, 0.3) is 0 Å². The predicted octanol–water partition coefficient (Wildman–Crippen LogP) is 1.25. The van der Waals surface area contributed by atoms with E-state index < -0.39 is 0 Å². The molecule has 0 bridgehead atoms. The van der Waals surface area contributed by atoms with E-state index >= 15 is 0 Å². The second kappa shape index (κ2) is 6.06.